The molecule has 2 aliphatic heterocycles. The van der Waals surface area contributed by atoms with Crippen LogP contribution in [0, 0.1) is 17.6 Å². The second kappa shape index (κ2) is 10.3. The molecule has 3 atom stereocenters. The van der Waals surface area contributed by atoms with E-state index in [1.165, 1.54) is 6.07 Å². The van der Waals surface area contributed by atoms with Gasteiger partial charge in [-0.15, -0.1) is 0 Å². The van der Waals surface area contributed by atoms with Crippen LogP contribution in [0.2, 0.25) is 0 Å². The molecule has 0 radical (unpaired) electrons. The number of sulfonamides is 1. The average Bonchev–Trinajstić information content (AvgIpc) is 3.64. The predicted molar refractivity (Wildman–Crippen MR) is 133 cm³/mol. The minimum atomic E-state index is -4.54. The molecule has 2 heterocycles. The lowest BCUT2D eigenvalue weighted by atomic mass is 9.90. The van der Waals surface area contributed by atoms with Crippen molar-refractivity contribution in [3.63, 3.8) is 0 Å². The standard InChI is InChI=1S/C27H29F5N2O4S/c1-39(36,37)33-26(35)22-11-21(16-2-3-16)25(12-24(22)29)38-14-15-8-19-5-6-20(9-15)34(19)13-17-10-18(27(30,31)32)4-7-23(17)28/h4,7,10-12,15-16,19-20H,2-3,5-6,8-9,13-14H2,1H3,(H,33,35)/t15-,19-,20+. The smallest absolute Gasteiger partial charge is 0.416 e. The third-order valence-corrected chi connectivity index (χ3v) is 8.38. The fourth-order valence-electron chi connectivity index (χ4n) is 5.87. The third-order valence-electron chi connectivity index (χ3n) is 7.82. The van der Waals surface area contributed by atoms with Gasteiger partial charge in [0.25, 0.3) is 5.91 Å². The molecule has 1 aliphatic carbocycles. The molecular formula is C27H29F5N2O4S. The highest BCUT2D eigenvalue weighted by Gasteiger charge is 2.41. The van der Waals surface area contributed by atoms with Crippen LogP contribution in [0.4, 0.5) is 22.0 Å². The van der Waals surface area contributed by atoms with Gasteiger partial charge >= 0.3 is 6.18 Å². The van der Waals surface area contributed by atoms with Crippen molar-refractivity contribution >= 4 is 15.9 Å². The molecule has 3 fully saturated rings. The number of fused-ring (bicyclic) bond motifs is 2. The number of piperidine rings is 1. The van der Waals surface area contributed by atoms with Gasteiger partial charge in [0.2, 0.25) is 10.0 Å². The van der Waals surface area contributed by atoms with Crippen LogP contribution >= 0.6 is 0 Å². The van der Waals surface area contributed by atoms with Crippen LogP contribution in [0.25, 0.3) is 0 Å². The van der Waals surface area contributed by atoms with E-state index in [0.29, 0.717) is 30.8 Å². The third kappa shape index (κ3) is 6.37. The maximum absolute atomic E-state index is 14.8. The Kier molecular flexibility index (Phi) is 7.38. The van der Waals surface area contributed by atoms with Gasteiger partial charge in [-0.2, -0.15) is 13.2 Å². The van der Waals surface area contributed by atoms with Gasteiger partial charge in [-0.1, -0.05) is 0 Å². The van der Waals surface area contributed by atoms with E-state index in [-0.39, 0.29) is 41.6 Å². The van der Waals surface area contributed by atoms with E-state index in [1.54, 1.807) is 4.72 Å². The number of hydrogen-bond donors (Lipinski definition) is 1. The predicted octanol–water partition coefficient (Wildman–Crippen LogP) is 5.37. The van der Waals surface area contributed by atoms with Crippen molar-refractivity contribution in [1.82, 2.24) is 9.62 Å². The van der Waals surface area contributed by atoms with Crippen LogP contribution in [-0.4, -0.2) is 44.2 Å². The van der Waals surface area contributed by atoms with Crippen LogP contribution < -0.4 is 9.46 Å². The molecule has 2 aromatic rings. The number of amides is 1. The number of carbonyl (C=O) groups is 1. The van der Waals surface area contributed by atoms with Gasteiger partial charge in [-0.25, -0.2) is 21.9 Å². The molecule has 0 unspecified atom stereocenters. The number of nitrogens with zero attached hydrogens (tertiary/aromatic N) is 1. The molecule has 39 heavy (non-hydrogen) atoms. The normalized spacial score (nSPS) is 23.6. The topological polar surface area (TPSA) is 75.7 Å². The summed E-state index contributed by atoms with van der Waals surface area (Å²) in [6.07, 6.45) is 1.12. The molecule has 1 N–H and O–H groups in total. The molecule has 6 nitrogen and oxygen atoms in total. The highest BCUT2D eigenvalue weighted by molar-refractivity contribution is 7.89. The maximum atomic E-state index is 14.8. The second-order valence-corrected chi connectivity index (χ2v) is 12.6. The molecule has 2 saturated heterocycles. The highest BCUT2D eigenvalue weighted by Crippen LogP contribution is 2.46. The van der Waals surface area contributed by atoms with Gasteiger partial charge in [0.05, 0.1) is 24.0 Å². The van der Waals surface area contributed by atoms with Crippen molar-refractivity contribution in [2.24, 2.45) is 5.92 Å². The first-order valence-corrected chi connectivity index (χ1v) is 14.8. The fraction of sp³-hybridized carbons (Fsp3) is 0.519. The molecule has 1 saturated carbocycles. The molecule has 1 amide bonds. The number of benzene rings is 2. The van der Waals surface area contributed by atoms with Gasteiger partial charge < -0.3 is 4.74 Å². The Hall–Kier alpha value is -2.73. The average molecular weight is 573 g/mol. The van der Waals surface area contributed by atoms with Gasteiger partial charge in [-0.3, -0.25) is 9.69 Å². The Morgan fingerprint density at radius 1 is 1.03 bits per heavy atom. The summed E-state index contributed by atoms with van der Waals surface area (Å²) in [5.74, 6) is -2.03. The quantitative estimate of drug-likeness (QED) is 0.431. The Balaban J connectivity index is 1.25. The van der Waals surface area contributed by atoms with Gasteiger partial charge in [0.15, 0.2) is 0 Å². The van der Waals surface area contributed by atoms with E-state index in [2.05, 4.69) is 4.90 Å². The summed E-state index contributed by atoms with van der Waals surface area (Å²) >= 11 is 0. The van der Waals surface area contributed by atoms with Crippen molar-refractivity contribution in [3.8, 4) is 5.75 Å². The Bertz CT molecular complexity index is 1360. The van der Waals surface area contributed by atoms with E-state index in [1.807, 2.05) is 0 Å². The van der Waals surface area contributed by atoms with Gasteiger partial charge in [0, 0.05) is 30.3 Å². The fourth-order valence-corrected chi connectivity index (χ4v) is 6.31. The molecule has 12 heteroatoms. The zero-order valence-corrected chi connectivity index (χ0v) is 22.0. The number of nitrogens with one attached hydrogen (secondary N) is 1. The van der Waals surface area contributed by atoms with Crippen LogP contribution in [-0.2, 0) is 22.7 Å². The van der Waals surface area contributed by atoms with E-state index in [4.69, 9.17) is 4.74 Å². The first-order valence-electron chi connectivity index (χ1n) is 12.9. The summed E-state index contributed by atoms with van der Waals surface area (Å²) in [6, 6.07) is 5.15. The number of carbonyl (C=O) groups excluding carboxylic acids is 1. The van der Waals surface area contributed by atoms with Crippen LogP contribution in [0.3, 0.4) is 0 Å². The van der Waals surface area contributed by atoms with Crippen molar-refractivity contribution in [3.05, 3.63) is 64.2 Å². The first-order chi connectivity index (χ1) is 18.3. The first kappa shape index (κ1) is 27.8. The monoisotopic (exact) mass is 572 g/mol. The summed E-state index contributed by atoms with van der Waals surface area (Å²) in [4.78, 5) is 14.4. The van der Waals surface area contributed by atoms with Gasteiger partial charge in [-0.05, 0) is 80.2 Å². The number of halogens is 5. The van der Waals surface area contributed by atoms with E-state index in [9.17, 15) is 35.2 Å². The molecule has 2 bridgehead atoms. The van der Waals surface area contributed by atoms with Crippen molar-refractivity contribution in [2.45, 2.75) is 69.2 Å². The summed E-state index contributed by atoms with van der Waals surface area (Å²) in [6.45, 7) is 0.402. The van der Waals surface area contributed by atoms with Crippen LogP contribution in [0.1, 0.15) is 71.5 Å². The minimum Gasteiger partial charge on any atom is -0.493 e. The molecule has 3 aliphatic rings. The molecule has 0 aromatic heterocycles. The van der Waals surface area contributed by atoms with Crippen molar-refractivity contribution < 1.29 is 39.9 Å². The summed E-state index contributed by atoms with van der Waals surface area (Å²) in [7, 11) is -3.85. The van der Waals surface area contributed by atoms with Crippen molar-refractivity contribution in [1.29, 1.82) is 0 Å². The summed E-state index contributed by atoms with van der Waals surface area (Å²) in [5, 5.41) is 0. The lowest BCUT2D eigenvalue weighted by Crippen LogP contribution is -2.43. The summed E-state index contributed by atoms with van der Waals surface area (Å²) < 4.78 is 99.2. The summed E-state index contributed by atoms with van der Waals surface area (Å²) in [5.41, 5.74) is -0.535. The molecule has 2 aromatic carbocycles. The van der Waals surface area contributed by atoms with E-state index >= 15 is 0 Å². The Labute approximate surface area is 223 Å². The number of ether oxygens (including phenoxy) is 1. The number of rotatable bonds is 8. The zero-order chi connectivity index (χ0) is 28.1. The zero-order valence-electron chi connectivity index (χ0n) is 21.2. The highest BCUT2D eigenvalue weighted by atomic mass is 32.2. The van der Waals surface area contributed by atoms with Crippen molar-refractivity contribution in [2.75, 3.05) is 12.9 Å². The number of alkyl halides is 3. The molecular weight excluding hydrogens is 543 g/mol. The largest absolute Gasteiger partial charge is 0.493 e. The van der Waals surface area contributed by atoms with E-state index < -0.39 is 39.3 Å². The molecule has 5 rings (SSSR count). The molecule has 212 valence electrons. The van der Waals surface area contributed by atoms with E-state index in [0.717, 1.165) is 56.2 Å². The lowest BCUT2D eigenvalue weighted by molar-refractivity contribution is -0.137. The number of hydrogen-bond acceptors (Lipinski definition) is 5. The maximum Gasteiger partial charge on any atom is 0.416 e. The SMILES string of the molecule is CS(=O)(=O)NC(=O)c1cc(C2CC2)c(OC[C@@H]2C[C@H]3CC[C@@H](C2)N3Cc2cc(C(F)(F)F)ccc2F)cc1F. The molecule has 0 spiro atoms. The van der Waals surface area contributed by atoms with Crippen LogP contribution in [0.15, 0.2) is 30.3 Å². The Morgan fingerprint density at radius 3 is 2.28 bits per heavy atom. The minimum absolute atomic E-state index is 0.0287. The second-order valence-electron chi connectivity index (χ2n) is 10.9. The Morgan fingerprint density at radius 2 is 1.69 bits per heavy atom. The van der Waals surface area contributed by atoms with Crippen LogP contribution in [0.5, 0.6) is 5.75 Å². The lowest BCUT2D eigenvalue weighted by Gasteiger charge is -2.39. The van der Waals surface area contributed by atoms with Gasteiger partial charge in [0.1, 0.15) is 17.4 Å².